The van der Waals surface area contributed by atoms with Crippen molar-refractivity contribution in [2.24, 2.45) is 0 Å². The van der Waals surface area contributed by atoms with Crippen LogP contribution < -0.4 is 0 Å². The van der Waals surface area contributed by atoms with Gasteiger partial charge in [0, 0.05) is 18.7 Å². The number of ether oxygens (including phenoxy) is 1. The molecule has 0 bridgehead atoms. The Morgan fingerprint density at radius 1 is 1.18 bits per heavy atom. The smallest absolute Gasteiger partial charge is 0.327 e. The zero-order chi connectivity index (χ0) is 20.9. The number of hydrogen-bond donors (Lipinski definition) is 1. The summed E-state index contributed by atoms with van der Waals surface area (Å²) in [5.41, 5.74) is 0.0751. The summed E-state index contributed by atoms with van der Waals surface area (Å²) in [6, 6.07) is 10.9. The van der Waals surface area contributed by atoms with E-state index in [1.807, 2.05) is 0 Å². The van der Waals surface area contributed by atoms with E-state index in [0.717, 1.165) is 35.7 Å². The van der Waals surface area contributed by atoms with E-state index in [-0.39, 0.29) is 17.1 Å². The quantitative estimate of drug-likeness (QED) is 0.401. The highest BCUT2D eigenvalue weighted by atomic mass is 32.2. The fourth-order valence-electron chi connectivity index (χ4n) is 2.75. The molecular formula is C18H20N2O7S. The largest absolute Gasteiger partial charge is 0.468 e. The van der Waals surface area contributed by atoms with E-state index in [1.165, 1.54) is 6.92 Å². The van der Waals surface area contributed by atoms with Gasteiger partial charge < -0.3 is 9.84 Å². The second-order valence-corrected chi connectivity index (χ2v) is 7.67. The zero-order valence-corrected chi connectivity index (χ0v) is 16.1. The Labute approximate surface area is 162 Å². The minimum Gasteiger partial charge on any atom is -0.468 e. The van der Waals surface area contributed by atoms with Gasteiger partial charge in [-0.25, -0.2) is 8.42 Å². The molecule has 0 fully saturated rings. The number of aliphatic hydroxyl groups is 1. The van der Waals surface area contributed by atoms with Crippen molar-refractivity contribution in [2.45, 2.75) is 24.0 Å². The highest BCUT2D eigenvalue weighted by molar-refractivity contribution is 7.89. The van der Waals surface area contributed by atoms with E-state index >= 15 is 0 Å². The van der Waals surface area contributed by atoms with Gasteiger partial charge in [-0.05, 0) is 17.7 Å². The van der Waals surface area contributed by atoms with Gasteiger partial charge in [0.15, 0.2) is 6.04 Å². The molecule has 0 radical (unpaired) electrons. The first-order valence-electron chi connectivity index (χ1n) is 8.31. The molecule has 2 atom stereocenters. The Kier molecular flexibility index (Phi) is 6.84. The van der Waals surface area contributed by atoms with Gasteiger partial charge in [-0.2, -0.15) is 4.31 Å². The molecular weight excluding hydrogens is 388 g/mol. The van der Waals surface area contributed by atoms with Gasteiger partial charge in [0.1, 0.15) is 6.10 Å². The third-order valence-electron chi connectivity index (χ3n) is 4.16. The summed E-state index contributed by atoms with van der Waals surface area (Å²) in [5, 5.41) is 21.5. The van der Waals surface area contributed by atoms with Crippen molar-refractivity contribution in [3.63, 3.8) is 0 Å². The molecule has 0 aliphatic rings. The number of methoxy groups -OCH3 is 1. The van der Waals surface area contributed by atoms with Crippen LogP contribution in [0.4, 0.5) is 5.69 Å². The van der Waals surface area contributed by atoms with Crippen molar-refractivity contribution >= 4 is 21.7 Å². The molecule has 28 heavy (non-hydrogen) atoms. The van der Waals surface area contributed by atoms with E-state index in [0.29, 0.717) is 5.56 Å². The number of rotatable bonds is 8. The molecule has 0 saturated heterocycles. The molecule has 2 unspecified atom stereocenters. The minimum atomic E-state index is -4.25. The van der Waals surface area contributed by atoms with E-state index in [9.17, 15) is 28.4 Å². The van der Waals surface area contributed by atoms with E-state index in [4.69, 9.17) is 4.74 Å². The van der Waals surface area contributed by atoms with Crippen LogP contribution >= 0.6 is 0 Å². The van der Waals surface area contributed by atoms with Crippen LogP contribution in [0.3, 0.4) is 0 Å². The highest BCUT2D eigenvalue weighted by Gasteiger charge is 2.41. The first-order valence-corrected chi connectivity index (χ1v) is 9.75. The Morgan fingerprint density at radius 2 is 1.75 bits per heavy atom. The second-order valence-electron chi connectivity index (χ2n) is 5.78. The molecule has 0 aromatic heterocycles. The normalized spacial score (nSPS) is 13.7. The van der Waals surface area contributed by atoms with Crippen molar-refractivity contribution in [2.75, 3.05) is 13.7 Å². The standard InChI is InChI=1S/C18H20N2O7S/c1-3-19(28(25,26)15-11-9-14(10-12-15)20(23)24)16(18(22)27-2)17(21)13-7-5-4-6-8-13/h4-12,16-17,21H,3H2,1-2H3. The predicted molar refractivity (Wildman–Crippen MR) is 99.9 cm³/mol. The molecule has 0 amide bonds. The number of benzene rings is 2. The van der Waals surface area contributed by atoms with Gasteiger partial charge in [0.05, 0.1) is 16.9 Å². The SMILES string of the molecule is CCN(C(C(=O)OC)C(O)c1ccccc1)S(=O)(=O)c1ccc([N+](=O)[O-])cc1. The maximum Gasteiger partial charge on any atom is 0.327 e. The average molecular weight is 408 g/mol. The lowest BCUT2D eigenvalue weighted by atomic mass is 10.0. The van der Waals surface area contributed by atoms with Crippen molar-refractivity contribution in [3.05, 3.63) is 70.3 Å². The summed E-state index contributed by atoms with van der Waals surface area (Å²) < 4.78 is 31.7. The van der Waals surface area contributed by atoms with Crippen LogP contribution in [0, 0.1) is 10.1 Å². The Hall–Kier alpha value is -2.82. The summed E-state index contributed by atoms with van der Waals surface area (Å²) in [7, 11) is -3.15. The number of nitro benzene ring substituents is 1. The number of aliphatic hydroxyl groups excluding tert-OH is 1. The molecule has 0 aliphatic carbocycles. The van der Waals surface area contributed by atoms with E-state index in [2.05, 4.69) is 0 Å². The van der Waals surface area contributed by atoms with Crippen molar-refractivity contribution in [1.29, 1.82) is 0 Å². The van der Waals surface area contributed by atoms with Gasteiger partial charge >= 0.3 is 5.97 Å². The predicted octanol–water partition coefficient (Wildman–Crippen LogP) is 1.88. The van der Waals surface area contributed by atoms with E-state index in [1.54, 1.807) is 30.3 Å². The van der Waals surface area contributed by atoms with Crippen molar-refractivity contribution in [3.8, 4) is 0 Å². The lowest BCUT2D eigenvalue weighted by molar-refractivity contribution is -0.384. The molecule has 2 rings (SSSR count). The topological polar surface area (TPSA) is 127 Å². The summed E-state index contributed by atoms with van der Waals surface area (Å²) >= 11 is 0. The number of nitro groups is 1. The molecule has 0 aliphatic heterocycles. The molecule has 9 nitrogen and oxygen atoms in total. The molecule has 2 aromatic carbocycles. The molecule has 150 valence electrons. The average Bonchev–Trinajstić information content (AvgIpc) is 2.71. The number of hydrogen-bond acceptors (Lipinski definition) is 7. The van der Waals surface area contributed by atoms with E-state index < -0.39 is 33.1 Å². The lowest BCUT2D eigenvalue weighted by Gasteiger charge is -2.31. The highest BCUT2D eigenvalue weighted by Crippen LogP contribution is 2.28. The number of nitrogens with zero attached hydrogens (tertiary/aromatic N) is 2. The van der Waals surface area contributed by atoms with Crippen LogP contribution in [0.5, 0.6) is 0 Å². The fraction of sp³-hybridized carbons (Fsp3) is 0.278. The summed E-state index contributed by atoms with van der Waals surface area (Å²) in [5.74, 6) is -0.927. The number of carbonyl (C=O) groups excluding carboxylic acids is 1. The van der Waals surface area contributed by atoms with Gasteiger partial charge in [-0.1, -0.05) is 37.3 Å². The summed E-state index contributed by atoms with van der Waals surface area (Å²) in [6.45, 7) is 1.37. The van der Waals surface area contributed by atoms with Gasteiger partial charge in [0.2, 0.25) is 10.0 Å². The maximum absolute atomic E-state index is 13.1. The number of sulfonamides is 1. The van der Waals surface area contributed by atoms with Crippen LogP contribution in [0.25, 0.3) is 0 Å². The third-order valence-corrected chi connectivity index (χ3v) is 6.13. The van der Waals surface area contributed by atoms with Gasteiger partial charge in [-0.3, -0.25) is 14.9 Å². The van der Waals surface area contributed by atoms with Crippen LogP contribution in [0.1, 0.15) is 18.6 Å². The molecule has 0 heterocycles. The minimum absolute atomic E-state index is 0.136. The molecule has 1 N–H and O–H groups in total. The van der Waals surface area contributed by atoms with Gasteiger partial charge in [-0.15, -0.1) is 0 Å². The lowest BCUT2D eigenvalue weighted by Crippen LogP contribution is -2.48. The third kappa shape index (κ3) is 4.35. The summed E-state index contributed by atoms with van der Waals surface area (Å²) in [6.07, 6.45) is -1.47. The van der Waals surface area contributed by atoms with Crippen molar-refractivity contribution < 1.29 is 28.0 Å². The van der Waals surface area contributed by atoms with Crippen LogP contribution in [-0.4, -0.2) is 48.4 Å². The van der Waals surface area contributed by atoms with Gasteiger partial charge in [0.25, 0.3) is 5.69 Å². The number of likely N-dealkylation sites (N-methyl/N-ethyl adjacent to an activating group) is 1. The van der Waals surface area contributed by atoms with Crippen LogP contribution in [-0.2, 0) is 19.6 Å². The zero-order valence-electron chi connectivity index (χ0n) is 15.3. The van der Waals surface area contributed by atoms with Crippen LogP contribution in [0.15, 0.2) is 59.5 Å². The maximum atomic E-state index is 13.1. The summed E-state index contributed by atoms with van der Waals surface area (Å²) in [4.78, 5) is 22.3. The Morgan fingerprint density at radius 3 is 2.21 bits per heavy atom. The fourth-order valence-corrected chi connectivity index (χ4v) is 4.34. The second kappa shape index (κ2) is 8.91. The molecule has 0 saturated carbocycles. The molecule has 10 heteroatoms. The number of carbonyl (C=O) groups is 1. The first kappa shape index (κ1) is 21.5. The number of non-ortho nitro benzene ring substituents is 1. The number of esters is 1. The Bertz CT molecular complexity index is 930. The monoisotopic (exact) mass is 408 g/mol. The van der Waals surface area contributed by atoms with Crippen LogP contribution in [0.2, 0.25) is 0 Å². The molecule has 2 aromatic rings. The first-order chi connectivity index (χ1) is 13.2. The van der Waals surface area contributed by atoms with Crippen molar-refractivity contribution in [1.82, 2.24) is 4.31 Å². The molecule has 0 spiro atoms. The Balaban J connectivity index is 2.49.